The minimum Gasteiger partial charge on any atom is -0.376 e. The topological polar surface area (TPSA) is 35.2 Å². The number of hydrogen-bond acceptors (Lipinski definition) is 2. The fraction of sp³-hybridized carbons (Fsp3) is 0.538. The molecule has 0 saturated heterocycles. The molecule has 1 aromatic rings. The van der Waals surface area contributed by atoms with Crippen LogP contribution < -0.4 is 5.73 Å². The zero-order chi connectivity index (χ0) is 10.7. The number of rotatable bonds is 3. The average molecular weight is 205 g/mol. The number of hydrogen-bond donors (Lipinski definition) is 1. The molecule has 1 heterocycles. The van der Waals surface area contributed by atoms with Gasteiger partial charge in [0.15, 0.2) is 0 Å². The molecule has 1 aromatic carbocycles. The molecular formula is C13H19NO. The smallest absolute Gasteiger partial charge is 0.0719 e. The van der Waals surface area contributed by atoms with Gasteiger partial charge in [0.2, 0.25) is 0 Å². The van der Waals surface area contributed by atoms with E-state index in [0.29, 0.717) is 6.04 Å². The van der Waals surface area contributed by atoms with E-state index in [9.17, 15) is 0 Å². The number of nitrogens with two attached hydrogens (primary N) is 1. The molecule has 82 valence electrons. The van der Waals surface area contributed by atoms with Crippen molar-refractivity contribution < 1.29 is 4.74 Å². The van der Waals surface area contributed by atoms with E-state index in [2.05, 4.69) is 25.1 Å². The Morgan fingerprint density at radius 1 is 1.40 bits per heavy atom. The highest BCUT2D eigenvalue weighted by atomic mass is 16.5. The van der Waals surface area contributed by atoms with Gasteiger partial charge in [-0.05, 0) is 42.9 Å². The van der Waals surface area contributed by atoms with Crippen LogP contribution in [0.2, 0.25) is 0 Å². The van der Waals surface area contributed by atoms with E-state index in [1.807, 2.05) is 0 Å². The van der Waals surface area contributed by atoms with Crippen LogP contribution >= 0.6 is 0 Å². The third kappa shape index (κ3) is 2.80. The lowest BCUT2D eigenvalue weighted by atomic mass is 9.97. The minimum atomic E-state index is 0.296. The zero-order valence-electron chi connectivity index (χ0n) is 9.33. The Labute approximate surface area is 91.4 Å². The molecule has 1 aliphatic heterocycles. The molecule has 0 amide bonds. The highest BCUT2D eigenvalue weighted by molar-refractivity contribution is 5.33. The predicted octanol–water partition coefficient (Wildman–Crippen LogP) is 2.04. The molecule has 15 heavy (non-hydrogen) atoms. The van der Waals surface area contributed by atoms with E-state index in [4.69, 9.17) is 10.5 Å². The Bertz CT molecular complexity index is 333. The first-order valence-electron chi connectivity index (χ1n) is 5.69. The van der Waals surface area contributed by atoms with Crippen molar-refractivity contribution in [2.75, 3.05) is 6.61 Å². The molecule has 0 bridgehead atoms. The Morgan fingerprint density at radius 2 is 2.27 bits per heavy atom. The third-order valence-electron chi connectivity index (χ3n) is 2.93. The molecule has 0 saturated carbocycles. The summed E-state index contributed by atoms with van der Waals surface area (Å²) in [5.74, 6) is 0. The van der Waals surface area contributed by atoms with Crippen molar-refractivity contribution >= 4 is 0 Å². The Morgan fingerprint density at radius 3 is 3.07 bits per heavy atom. The molecule has 1 atom stereocenters. The SMILES string of the molecule is CC(N)CCc1ccc2c(c1)CCOC2. The van der Waals surface area contributed by atoms with Crippen molar-refractivity contribution in [3.05, 3.63) is 34.9 Å². The van der Waals surface area contributed by atoms with Gasteiger partial charge in [0.1, 0.15) is 0 Å². The van der Waals surface area contributed by atoms with E-state index < -0.39 is 0 Å². The molecule has 2 rings (SSSR count). The van der Waals surface area contributed by atoms with Crippen molar-refractivity contribution in [3.63, 3.8) is 0 Å². The summed E-state index contributed by atoms with van der Waals surface area (Å²) in [6.07, 6.45) is 3.21. The molecule has 2 N–H and O–H groups in total. The highest BCUT2D eigenvalue weighted by Crippen LogP contribution is 2.19. The summed E-state index contributed by atoms with van der Waals surface area (Å²) in [4.78, 5) is 0. The normalized spacial score (nSPS) is 17.2. The van der Waals surface area contributed by atoms with Crippen LogP contribution in [0.25, 0.3) is 0 Å². The second kappa shape index (κ2) is 4.77. The van der Waals surface area contributed by atoms with Crippen molar-refractivity contribution in [2.24, 2.45) is 5.73 Å². The molecule has 1 unspecified atom stereocenters. The number of ether oxygens (including phenoxy) is 1. The van der Waals surface area contributed by atoms with E-state index in [0.717, 1.165) is 32.5 Å². The summed E-state index contributed by atoms with van der Waals surface area (Å²) in [6, 6.07) is 7.02. The summed E-state index contributed by atoms with van der Waals surface area (Å²) in [5.41, 5.74) is 9.98. The number of fused-ring (bicyclic) bond motifs is 1. The summed E-state index contributed by atoms with van der Waals surface area (Å²) in [6.45, 7) is 3.71. The largest absolute Gasteiger partial charge is 0.376 e. The van der Waals surface area contributed by atoms with Crippen molar-refractivity contribution in [1.29, 1.82) is 0 Å². The Balaban J connectivity index is 2.07. The van der Waals surface area contributed by atoms with Gasteiger partial charge in [-0.3, -0.25) is 0 Å². The van der Waals surface area contributed by atoms with Crippen LogP contribution in [0, 0.1) is 0 Å². The van der Waals surface area contributed by atoms with Crippen LogP contribution in [-0.4, -0.2) is 12.6 Å². The van der Waals surface area contributed by atoms with Crippen molar-refractivity contribution in [2.45, 2.75) is 38.8 Å². The maximum Gasteiger partial charge on any atom is 0.0719 e. The molecule has 1 aliphatic rings. The van der Waals surface area contributed by atoms with Crippen LogP contribution in [0.5, 0.6) is 0 Å². The molecule has 0 aliphatic carbocycles. The molecule has 0 fully saturated rings. The van der Waals surface area contributed by atoms with Gasteiger partial charge in [0.25, 0.3) is 0 Å². The lowest BCUT2D eigenvalue weighted by molar-refractivity contribution is 0.110. The third-order valence-corrected chi connectivity index (χ3v) is 2.93. The van der Waals surface area contributed by atoms with Gasteiger partial charge < -0.3 is 10.5 Å². The standard InChI is InChI=1S/C13H19NO/c1-10(14)2-3-11-4-5-13-9-15-7-6-12(13)8-11/h4-5,8,10H,2-3,6-7,9,14H2,1H3. The van der Waals surface area contributed by atoms with Crippen LogP contribution in [0.15, 0.2) is 18.2 Å². The number of benzene rings is 1. The Kier molecular flexibility index (Phi) is 3.39. The quantitative estimate of drug-likeness (QED) is 0.819. The van der Waals surface area contributed by atoms with Gasteiger partial charge in [-0.1, -0.05) is 18.2 Å². The maximum absolute atomic E-state index is 5.76. The number of aryl methyl sites for hydroxylation is 1. The first-order valence-corrected chi connectivity index (χ1v) is 5.69. The summed E-state index contributed by atoms with van der Waals surface area (Å²) in [7, 11) is 0. The molecule has 2 nitrogen and oxygen atoms in total. The van der Waals surface area contributed by atoms with Crippen LogP contribution in [0.1, 0.15) is 30.0 Å². The summed E-state index contributed by atoms with van der Waals surface area (Å²) >= 11 is 0. The molecular weight excluding hydrogens is 186 g/mol. The van der Waals surface area contributed by atoms with E-state index in [-0.39, 0.29) is 0 Å². The fourth-order valence-electron chi connectivity index (χ4n) is 1.97. The molecule has 0 aromatic heterocycles. The van der Waals surface area contributed by atoms with Gasteiger partial charge in [-0.25, -0.2) is 0 Å². The Hall–Kier alpha value is -0.860. The van der Waals surface area contributed by atoms with E-state index in [1.54, 1.807) is 0 Å². The predicted molar refractivity (Wildman–Crippen MR) is 61.8 cm³/mol. The first kappa shape index (κ1) is 10.7. The second-order valence-corrected chi connectivity index (χ2v) is 4.42. The summed E-state index contributed by atoms with van der Waals surface area (Å²) < 4.78 is 5.41. The monoisotopic (exact) mass is 205 g/mol. The van der Waals surface area contributed by atoms with Gasteiger partial charge >= 0.3 is 0 Å². The van der Waals surface area contributed by atoms with Gasteiger partial charge in [-0.15, -0.1) is 0 Å². The average Bonchev–Trinajstić information content (AvgIpc) is 2.26. The van der Waals surface area contributed by atoms with Crippen LogP contribution in [-0.2, 0) is 24.2 Å². The molecule has 2 heteroatoms. The molecule has 0 spiro atoms. The van der Waals surface area contributed by atoms with Crippen molar-refractivity contribution in [1.82, 2.24) is 0 Å². The second-order valence-electron chi connectivity index (χ2n) is 4.42. The van der Waals surface area contributed by atoms with Crippen LogP contribution in [0.3, 0.4) is 0 Å². The first-order chi connectivity index (χ1) is 7.25. The van der Waals surface area contributed by atoms with Crippen LogP contribution in [0.4, 0.5) is 0 Å². The van der Waals surface area contributed by atoms with Gasteiger partial charge in [0, 0.05) is 6.04 Å². The van der Waals surface area contributed by atoms with Gasteiger partial charge in [0.05, 0.1) is 13.2 Å². The maximum atomic E-state index is 5.76. The van der Waals surface area contributed by atoms with Gasteiger partial charge in [-0.2, -0.15) is 0 Å². The summed E-state index contributed by atoms with van der Waals surface area (Å²) in [5, 5.41) is 0. The lowest BCUT2D eigenvalue weighted by Crippen LogP contribution is -2.15. The fourth-order valence-corrected chi connectivity index (χ4v) is 1.97. The lowest BCUT2D eigenvalue weighted by Gasteiger charge is -2.17. The van der Waals surface area contributed by atoms with E-state index in [1.165, 1.54) is 16.7 Å². The molecule has 0 radical (unpaired) electrons. The minimum absolute atomic E-state index is 0.296. The van der Waals surface area contributed by atoms with E-state index >= 15 is 0 Å². The zero-order valence-corrected chi connectivity index (χ0v) is 9.33. The highest BCUT2D eigenvalue weighted by Gasteiger charge is 2.09. The van der Waals surface area contributed by atoms with Crippen molar-refractivity contribution in [3.8, 4) is 0 Å².